The average molecular weight is 657 g/mol. The van der Waals surface area contributed by atoms with Gasteiger partial charge in [0.2, 0.25) is 0 Å². The summed E-state index contributed by atoms with van der Waals surface area (Å²) >= 11 is 1.83. The maximum atomic E-state index is 5.00. The van der Waals surface area contributed by atoms with Crippen molar-refractivity contribution in [2.75, 3.05) is 0 Å². The standard InChI is InChI=1S/C45H28N4S/c1-4-14-29(15-5-1)43-46-44(30-16-6-2-7-17-30)48-45(47-43)31-26-27-33-35-22-12-23-36(42(35)50-40(33)28-31)34-21-13-25-39-41(34)37-20-10-11-24-38(37)49(39)32-18-8-3-9-19-32/h1-28H. The van der Waals surface area contributed by atoms with Crippen molar-refractivity contribution in [3.8, 4) is 51.0 Å². The van der Waals surface area contributed by atoms with Crippen LogP contribution in [0.4, 0.5) is 0 Å². The minimum atomic E-state index is 0.663. The number of aromatic nitrogens is 4. The van der Waals surface area contributed by atoms with E-state index >= 15 is 0 Å². The molecule has 0 fully saturated rings. The lowest BCUT2D eigenvalue weighted by Gasteiger charge is -2.09. The van der Waals surface area contributed by atoms with E-state index in [1.807, 2.05) is 72.0 Å². The minimum absolute atomic E-state index is 0.663. The van der Waals surface area contributed by atoms with E-state index in [2.05, 4.69) is 114 Å². The van der Waals surface area contributed by atoms with Gasteiger partial charge in [0.1, 0.15) is 0 Å². The first-order valence-electron chi connectivity index (χ1n) is 16.7. The summed E-state index contributed by atoms with van der Waals surface area (Å²) in [5.41, 5.74) is 8.94. The lowest BCUT2D eigenvalue weighted by atomic mass is 9.97. The first kappa shape index (κ1) is 28.6. The topological polar surface area (TPSA) is 43.6 Å². The molecule has 0 aliphatic rings. The van der Waals surface area contributed by atoms with Gasteiger partial charge < -0.3 is 4.57 Å². The molecule has 10 aromatic rings. The zero-order valence-corrected chi connectivity index (χ0v) is 27.7. The van der Waals surface area contributed by atoms with Gasteiger partial charge in [-0.2, -0.15) is 0 Å². The van der Waals surface area contributed by atoms with Crippen LogP contribution >= 0.6 is 11.3 Å². The quantitative estimate of drug-likeness (QED) is 0.185. The van der Waals surface area contributed by atoms with Crippen molar-refractivity contribution in [2.24, 2.45) is 0 Å². The molecule has 0 bridgehead atoms. The van der Waals surface area contributed by atoms with Crippen LogP contribution in [0.2, 0.25) is 0 Å². The fourth-order valence-electron chi connectivity index (χ4n) is 7.19. The van der Waals surface area contributed by atoms with Crippen LogP contribution in [0.1, 0.15) is 0 Å². The van der Waals surface area contributed by atoms with Gasteiger partial charge in [-0.05, 0) is 35.9 Å². The van der Waals surface area contributed by atoms with Crippen LogP contribution in [0, 0.1) is 0 Å². The van der Waals surface area contributed by atoms with Gasteiger partial charge in [-0.1, -0.05) is 140 Å². The van der Waals surface area contributed by atoms with E-state index in [1.165, 1.54) is 53.1 Å². The van der Waals surface area contributed by atoms with Crippen LogP contribution in [-0.4, -0.2) is 19.5 Å². The van der Waals surface area contributed by atoms with Crippen LogP contribution < -0.4 is 0 Å². The summed E-state index contributed by atoms with van der Waals surface area (Å²) in [6.07, 6.45) is 0. The van der Waals surface area contributed by atoms with Gasteiger partial charge in [-0.3, -0.25) is 0 Å². The second-order valence-electron chi connectivity index (χ2n) is 12.4. The summed E-state index contributed by atoms with van der Waals surface area (Å²) in [7, 11) is 0. The van der Waals surface area contributed by atoms with Crippen LogP contribution in [0.5, 0.6) is 0 Å². The van der Waals surface area contributed by atoms with Crippen molar-refractivity contribution in [1.82, 2.24) is 19.5 Å². The summed E-state index contributed by atoms with van der Waals surface area (Å²) in [5, 5.41) is 5.00. The summed E-state index contributed by atoms with van der Waals surface area (Å²) < 4.78 is 4.86. The molecule has 0 radical (unpaired) electrons. The zero-order chi connectivity index (χ0) is 33.0. The third kappa shape index (κ3) is 4.63. The lowest BCUT2D eigenvalue weighted by Crippen LogP contribution is -1.99. The number of nitrogens with zero attached hydrogens (tertiary/aromatic N) is 4. The highest BCUT2D eigenvalue weighted by Gasteiger charge is 2.19. The normalized spacial score (nSPS) is 11.6. The Hall–Kier alpha value is -6.43. The molecule has 0 atom stereocenters. The highest BCUT2D eigenvalue weighted by atomic mass is 32.1. The molecule has 0 saturated heterocycles. The molecule has 3 heterocycles. The molecule has 4 nitrogen and oxygen atoms in total. The minimum Gasteiger partial charge on any atom is -0.309 e. The number of rotatable bonds is 5. The molecule has 10 rings (SSSR count). The molecule has 7 aromatic carbocycles. The Morgan fingerprint density at radius 1 is 0.400 bits per heavy atom. The van der Waals surface area contributed by atoms with Gasteiger partial charge in [-0.15, -0.1) is 11.3 Å². The molecular formula is C45H28N4S. The Bertz CT molecular complexity index is 2800. The lowest BCUT2D eigenvalue weighted by molar-refractivity contribution is 1.07. The highest BCUT2D eigenvalue weighted by molar-refractivity contribution is 7.26. The van der Waals surface area contributed by atoms with E-state index in [0.29, 0.717) is 17.5 Å². The molecule has 0 amide bonds. The van der Waals surface area contributed by atoms with E-state index in [0.717, 1.165) is 22.4 Å². The number of fused-ring (bicyclic) bond motifs is 6. The van der Waals surface area contributed by atoms with Gasteiger partial charge in [0.05, 0.1) is 11.0 Å². The monoisotopic (exact) mass is 656 g/mol. The first-order chi connectivity index (χ1) is 24.8. The molecule has 234 valence electrons. The SMILES string of the molecule is c1ccc(-c2nc(-c3ccccc3)nc(-c3ccc4c(c3)sc3c(-c5cccc6c5c5ccccc5n6-c5ccccc5)cccc34)n2)cc1. The largest absolute Gasteiger partial charge is 0.309 e. The maximum Gasteiger partial charge on any atom is 0.164 e. The number of thiophene rings is 1. The number of hydrogen-bond donors (Lipinski definition) is 0. The van der Waals surface area contributed by atoms with E-state index in [1.54, 1.807) is 0 Å². The zero-order valence-electron chi connectivity index (χ0n) is 26.9. The van der Waals surface area contributed by atoms with E-state index < -0.39 is 0 Å². The van der Waals surface area contributed by atoms with Gasteiger partial charge in [-0.25, -0.2) is 15.0 Å². The van der Waals surface area contributed by atoms with Crippen molar-refractivity contribution in [1.29, 1.82) is 0 Å². The van der Waals surface area contributed by atoms with Crippen molar-refractivity contribution >= 4 is 53.3 Å². The smallest absolute Gasteiger partial charge is 0.164 e. The molecular weight excluding hydrogens is 629 g/mol. The van der Waals surface area contributed by atoms with Gasteiger partial charge in [0.15, 0.2) is 17.5 Å². The fourth-order valence-corrected chi connectivity index (χ4v) is 8.46. The molecule has 0 aliphatic carbocycles. The van der Waals surface area contributed by atoms with Crippen LogP contribution in [0.15, 0.2) is 170 Å². The summed E-state index contributed by atoms with van der Waals surface area (Å²) in [6, 6.07) is 59.7. The second-order valence-corrected chi connectivity index (χ2v) is 13.5. The molecule has 0 spiro atoms. The van der Waals surface area contributed by atoms with Crippen LogP contribution in [-0.2, 0) is 0 Å². The molecule has 50 heavy (non-hydrogen) atoms. The number of hydrogen-bond acceptors (Lipinski definition) is 4. The molecule has 0 saturated carbocycles. The van der Waals surface area contributed by atoms with Crippen molar-refractivity contribution in [3.05, 3.63) is 170 Å². The predicted octanol–water partition coefficient (Wildman–Crippen LogP) is 12.0. The molecule has 0 aliphatic heterocycles. The Labute approximate surface area is 292 Å². The molecule has 5 heteroatoms. The fraction of sp³-hybridized carbons (Fsp3) is 0. The van der Waals surface area contributed by atoms with E-state index in [9.17, 15) is 0 Å². The Kier molecular flexibility index (Phi) is 6.64. The van der Waals surface area contributed by atoms with E-state index in [-0.39, 0.29) is 0 Å². The summed E-state index contributed by atoms with van der Waals surface area (Å²) in [6.45, 7) is 0. The predicted molar refractivity (Wildman–Crippen MR) is 209 cm³/mol. The number of para-hydroxylation sites is 2. The summed E-state index contributed by atoms with van der Waals surface area (Å²) in [4.78, 5) is 14.9. The second kappa shape index (κ2) is 11.6. The molecule has 0 N–H and O–H groups in total. The first-order valence-corrected chi connectivity index (χ1v) is 17.5. The Morgan fingerprint density at radius 3 is 1.68 bits per heavy atom. The third-order valence-corrected chi connectivity index (χ3v) is 10.7. The Balaban J connectivity index is 1.16. The van der Waals surface area contributed by atoms with E-state index in [4.69, 9.17) is 15.0 Å². The highest BCUT2D eigenvalue weighted by Crippen LogP contribution is 2.45. The maximum absolute atomic E-state index is 5.00. The van der Waals surface area contributed by atoms with Crippen molar-refractivity contribution < 1.29 is 0 Å². The average Bonchev–Trinajstić information content (AvgIpc) is 3.74. The van der Waals surface area contributed by atoms with Crippen molar-refractivity contribution in [3.63, 3.8) is 0 Å². The number of benzene rings is 7. The van der Waals surface area contributed by atoms with Gasteiger partial charge in [0.25, 0.3) is 0 Å². The van der Waals surface area contributed by atoms with Crippen LogP contribution in [0.25, 0.3) is 93.0 Å². The molecule has 0 unspecified atom stereocenters. The van der Waals surface area contributed by atoms with Crippen molar-refractivity contribution in [2.45, 2.75) is 0 Å². The van der Waals surface area contributed by atoms with Gasteiger partial charge in [0, 0.05) is 58.9 Å². The third-order valence-electron chi connectivity index (χ3n) is 9.46. The molecule has 3 aromatic heterocycles. The van der Waals surface area contributed by atoms with Crippen LogP contribution in [0.3, 0.4) is 0 Å². The van der Waals surface area contributed by atoms with Gasteiger partial charge >= 0.3 is 0 Å². The Morgan fingerprint density at radius 2 is 0.960 bits per heavy atom. The summed E-state index contributed by atoms with van der Waals surface area (Å²) in [5.74, 6) is 1.99.